The molecule has 0 heterocycles. The fourth-order valence-corrected chi connectivity index (χ4v) is 2.48. The standard InChI is InChI=1S/C17H37NO2/c1-2-3-4-5-6-7-8-9-10-11-16-20-17(12-14-18)13-15-19/h17,19H,2-16,18H2,1H3. The van der Waals surface area contributed by atoms with Gasteiger partial charge in [-0.25, -0.2) is 0 Å². The van der Waals surface area contributed by atoms with Crippen LogP contribution < -0.4 is 5.73 Å². The first-order valence-corrected chi connectivity index (χ1v) is 8.77. The maximum Gasteiger partial charge on any atom is 0.0609 e. The lowest BCUT2D eigenvalue weighted by Crippen LogP contribution is -2.19. The van der Waals surface area contributed by atoms with E-state index in [0.29, 0.717) is 6.54 Å². The molecule has 3 nitrogen and oxygen atoms in total. The molecule has 3 N–H and O–H groups in total. The predicted molar refractivity (Wildman–Crippen MR) is 87.0 cm³/mol. The van der Waals surface area contributed by atoms with Crippen LogP contribution in [0.1, 0.15) is 84.0 Å². The second kappa shape index (κ2) is 16.9. The Bertz CT molecular complexity index is 170. The number of ether oxygens (including phenoxy) is 1. The predicted octanol–water partition coefficient (Wildman–Crippen LogP) is 4.02. The van der Waals surface area contributed by atoms with Crippen LogP contribution in [-0.4, -0.2) is 31.0 Å². The van der Waals surface area contributed by atoms with E-state index in [9.17, 15) is 0 Å². The summed E-state index contributed by atoms with van der Waals surface area (Å²) >= 11 is 0. The molecular weight excluding hydrogens is 250 g/mol. The average Bonchev–Trinajstić information content (AvgIpc) is 2.45. The molecule has 0 spiro atoms. The van der Waals surface area contributed by atoms with Crippen molar-refractivity contribution in [1.82, 2.24) is 0 Å². The van der Waals surface area contributed by atoms with Crippen LogP contribution in [0.4, 0.5) is 0 Å². The van der Waals surface area contributed by atoms with Crippen molar-refractivity contribution in [2.75, 3.05) is 19.8 Å². The Kier molecular flexibility index (Phi) is 16.8. The van der Waals surface area contributed by atoms with E-state index in [4.69, 9.17) is 15.6 Å². The van der Waals surface area contributed by atoms with Gasteiger partial charge in [-0.1, -0.05) is 64.7 Å². The first kappa shape index (κ1) is 19.9. The molecule has 0 amide bonds. The van der Waals surface area contributed by atoms with Crippen molar-refractivity contribution in [3.05, 3.63) is 0 Å². The molecule has 0 aliphatic heterocycles. The minimum atomic E-state index is 0.156. The van der Waals surface area contributed by atoms with Crippen LogP contribution in [0.25, 0.3) is 0 Å². The number of aliphatic hydroxyl groups is 1. The quantitative estimate of drug-likeness (QED) is 0.421. The van der Waals surface area contributed by atoms with Crippen LogP contribution in [0.15, 0.2) is 0 Å². The van der Waals surface area contributed by atoms with Gasteiger partial charge in [-0.3, -0.25) is 0 Å². The highest BCUT2D eigenvalue weighted by Crippen LogP contribution is 2.11. The van der Waals surface area contributed by atoms with Gasteiger partial charge in [-0.15, -0.1) is 0 Å². The number of hydrogen-bond donors (Lipinski definition) is 2. The molecule has 0 aromatic carbocycles. The highest BCUT2D eigenvalue weighted by molar-refractivity contribution is 4.58. The molecule has 122 valence electrons. The van der Waals surface area contributed by atoms with E-state index in [2.05, 4.69) is 6.92 Å². The van der Waals surface area contributed by atoms with E-state index >= 15 is 0 Å². The smallest absolute Gasteiger partial charge is 0.0609 e. The highest BCUT2D eigenvalue weighted by atomic mass is 16.5. The number of aliphatic hydroxyl groups excluding tert-OH is 1. The summed E-state index contributed by atoms with van der Waals surface area (Å²) in [5.74, 6) is 0. The first-order chi connectivity index (χ1) is 9.85. The van der Waals surface area contributed by atoms with Crippen LogP contribution in [0.2, 0.25) is 0 Å². The van der Waals surface area contributed by atoms with Crippen molar-refractivity contribution < 1.29 is 9.84 Å². The molecule has 20 heavy (non-hydrogen) atoms. The highest BCUT2D eigenvalue weighted by Gasteiger charge is 2.06. The van der Waals surface area contributed by atoms with Crippen LogP contribution >= 0.6 is 0 Å². The lowest BCUT2D eigenvalue weighted by molar-refractivity contribution is 0.0297. The molecule has 0 saturated heterocycles. The van der Waals surface area contributed by atoms with Gasteiger partial charge in [0.2, 0.25) is 0 Å². The molecule has 1 unspecified atom stereocenters. The van der Waals surface area contributed by atoms with Crippen molar-refractivity contribution in [2.45, 2.75) is 90.1 Å². The summed E-state index contributed by atoms with van der Waals surface area (Å²) in [5.41, 5.74) is 5.53. The molecule has 0 saturated carbocycles. The average molecular weight is 287 g/mol. The van der Waals surface area contributed by atoms with E-state index in [1.807, 2.05) is 0 Å². The summed E-state index contributed by atoms with van der Waals surface area (Å²) in [6.45, 7) is 3.92. The van der Waals surface area contributed by atoms with Crippen molar-refractivity contribution in [1.29, 1.82) is 0 Å². The molecule has 0 aromatic heterocycles. The van der Waals surface area contributed by atoms with Crippen LogP contribution in [0, 0.1) is 0 Å². The number of rotatable bonds is 16. The molecule has 0 aromatic rings. The summed E-state index contributed by atoms with van der Waals surface area (Å²) in [7, 11) is 0. The maximum atomic E-state index is 8.92. The van der Waals surface area contributed by atoms with Gasteiger partial charge in [0.15, 0.2) is 0 Å². The molecule has 0 aliphatic rings. The molecule has 0 aliphatic carbocycles. The summed E-state index contributed by atoms with van der Waals surface area (Å²) in [6, 6.07) is 0. The second-order valence-corrected chi connectivity index (χ2v) is 5.76. The third kappa shape index (κ3) is 14.3. The van der Waals surface area contributed by atoms with Gasteiger partial charge in [-0.2, -0.15) is 0 Å². The largest absolute Gasteiger partial charge is 0.396 e. The number of hydrogen-bond acceptors (Lipinski definition) is 3. The third-order valence-electron chi connectivity index (χ3n) is 3.79. The maximum absolute atomic E-state index is 8.92. The van der Waals surface area contributed by atoms with E-state index in [1.54, 1.807) is 0 Å². The number of nitrogens with two attached hydrogens (primary N) is 1. The van der Waals surface area contributed by atoms with Crippen LogP contribution in [-0.2, 0) is 4.74 Å². The first-order valence-electron chi connectivity index (χ1n) is 8.77. The van der Waals surface area contributed by atoms with Gasteiger partial charge >= 0.3 is 0 Å². The molecule has 3 heteroatoms. The van der Waals surface area contributed by atoms with Crippen LogP contribution in [0.5, 0.6) is 0 Å². The zero-order chi connectivity index (χ0) is 14.9. The third-order valence-corrected chi connectivity index (χ3v) is 3.79. The van der Waals surface area contributed by atoms with Gasteiger partial charge in [0.1, 0.15) is 0 Å². The Morgan fingerprint density at radius 2 is 1.40 bits per heavy atom. The van der Waals surface area contributed by atoms with Crippen molar-refractivity contribution in [2.24, 2.45) is 5.73 Å². The van der Waals surface area contributed by atoms with Crippen molar-refractivity contribution >= 4 is 0 Å². The summed E-state index contributed by atoms with van der Waals surface area (Å²) in [4.78, 5) is 0. The van der Waals surface area contributed by atoms with E-state index in [0.717, 1.165) is 25.9 Å². The van der Waals surface area contributed by atoms with Gasteiger partial charge in [0, 0.05) is 13.2 Å². The summed E-state index contributed by atoms with van der Waals surface area (Å²) in [6.07, 6.45) is 15.2. The minimum Gasteiger partial charge on any atom is -0.396 e. The Labute approximate surface area is 126 Å². The Morgan fingerprint density at radius 3 is 1.90 bits per heavy atom. The lowest BCUT2D eigenvalue weighted by atomic mass is 10.1. The zero-order valence-electron chi connectivity index (χ0n) is 13.6. The van der Waals surface area contributed by atoms with Gasteiger partial charge in [0.05, 0.1) is 6.10 Å². The monoisotopic (exact) mass is 287 g/mol. The Hall–Kier alpha value is -0.120. The van der Waals surface area contributed by atoms with Crippen molar-refractivity contribution in [3.8, 4) is 0 Å². The van der Waals surface area contributed by atoms with Gasteiger partial charge < -0.3 is 15.6 Å². The fourth-order valence-electron chi connectivity index (χ4n) is 2.48. The molecule has 0 bridgehead atoms. The molecular formula is C17H37NO2. The second-order valence-electron chi connectivity index (χ2n) is 5.76. The van der Waals surface area contributed by atoms with Crippen LogP contribution in [0.3, 0.4) is 0 Å². The SMILES string of the molecule is CCCCCCCCCCCCOC(CCN)CCO. The molecule has 0 radical (unpaired) electrons. The summed E-state index contributed by atoms with van der Waals surface area (Å²) in [5, 5.41) is 8.92. The Balaban J connectivity index is 3.18. The number of unbranched alkanes of at least 4 members (excludes halogenated alkanes) is 9. The molecule has 1 atom stereocenters. The van der Waals surface area contributed by atoms with E-state index in [1.165, 1.54) is 57.8 Å². The topological polar surface area (TPSA) is 55.5 Å². The lowest BCUT2D eigenvalue weighted by Gasteiger charge is -2.15. The van der Waals surface area contributed by atoms with Gasteiger partial charge in [0.25, 0.3) is 0 Å². The Morgan fingerprint density at radius 1 is 0.850 bits per heavy atom. The normalized spacial score (nSPS) is 12.8. The van der Waals surface area contributed by atoms with E-state index in [-0.39, 0.29) is 12.7 Å². The van der Waals surface area contributed by atoms with Gasteiger partial charge in [-0.05, 0) is 25.8 Å². The zero-order valence-corrected chi connectivity index (χ0v) is 13.6. The fraction of sp³-hybridized carbons (Fsp3) is 1.00. The molecule has 0 fully saturated rings. The summed E-state index contributed by atoms with van der Waals surface area (Å²) < 4.78 is 5.75. The van der Waals surface area contributed by atoms with E-state index < -0.39 is 0 Å². The molecule has 0 rings (SSSR count). The minimum absolute atomic E-state index is 0.156. The van der Waals surface area contributed by atoms with Crippen molar-refractivity contribution in [3.63, 3.8) is 0 Å².